The van der Waals surface area contributed by atoms with Gasteiger partial charge in [0.05, 0.1) is 6.61 Å². The number of benzene rings is 1. The zero-order valence-electron chi connectivity index (χ0n) is 11.7. The van der Waals surface area contributed by atoms with Crippen LogP contribution in [-0.2, 0) is 17.9 Å². The number of para-hydroxylation sites is 1. The van der Waals surface area contributed by atoms with Gasteiger partial charge in [-0.2, -0.15) is 0 Å². The average molecular weight is 271 g/mol. The summed E-state index contributed by atoms with van der Waals surface area (Å²) in [5.74, 6) is 0.948. The van der Waals surface area contributed by atoms with Gasteiger partial charge in [0.25, 0.3) is 0 Å². The Hall–Kier alpha value is -1.58. The van der Waals surface area contributed by atoms with Crippen molar-refractivity contribution in [3.63, 3.8) is 0 Å². The molecule has 3 heteroatoms. The topological polar surface area (TPSA) is 34.4 Å². The summed E-state index contributed by atoms with van der Waals surface area (Å²) < 4.78 is 11.6. The molecule has 1 saturated carbocycles. The van der Waals surface area contributed by atoms with E-state index in [-0.39, 0.29) is 0 Å². The van der Waals surface area contributed by atoms with E-state index < -0.39 is 0 Å². The summed E-state index contributed by atoms with van der Waals surface area (Å²) in [7, 11) is 0. The van der Waals surface area contributed by atoms with Crippen LogP contribution in [0, 0.1) is 0 Å². The molecule has 1 N–H and O–H groups in total. The van der Waals surface area contributed by atoms with Gasteiger partial charge < -0.3 is 14.5 Å². The molecule has 20 heavy (non-hydrogen) atoms. The first-order valence-corrected chi connectivity index (χ1v) is 7.30. The molecule has 3 rings (SSSR count). The molecule has 1 aromatic carbocycles. The van der Waals surface area contributed by atoms with Crippen LogP contribution in [0.2, 0.25) is 0 Å². The third-order valence-corrected chi connectivity index (χ3v) is 3.63. The Morgan fingerprint density at radius 3 is 3.00 bits per heavy atom. The van der Waals surface area contributed by atoms with Crippen molar-refractivity contribution in [2.45, 2.75) is 38.5 Å². The summed E-state index contributed by atoms with van der Waals surface area (Å²) in [5.41, 5.74) is 2.19. The van der Waals surface area contributed by atoms with Crippen LogP contribution in [0.25, 0.3) is 11.0 Å². The predicted octanol–water partition coefficient (Wildman–Crippen LogP) is 3.78. The van der Waals surface area contributed by atoms with Crippen molar-refractivity contribution in [1.82, 2.24) is 5.32 Å². The van der Waals surface area contributed by atoms with E-state index in [9.17, 15) is 0 Å². The molecule has 1 heterocycles. The van der Waals surface area contributed by atoms with Gasteiger partial charge in [-0.25, -0.2) is 0 Å². The second-order valence-electron chi connectivity index (χ2n) is 5.29. The van der Waals surface area contributed by atoms with E-state index in [0.29, 0.717) is 19.3 Å². The van der Waals surface area contributed by atoms with Crippen LogP contribution >= 0.6 is 0 Å². The van der Waals surface area contributed by atoms with E-state index in [2.05, 4.69) is 24.0 Å². The van der Waals surface area contributed by atoms with Gasteiger partial charge in [-0.3, -0.25) is 0 Å². The molecule has 0 radical (unpaired) electrons. The van der Waals surface area contributed by atoms with Crippen molar-refractivity contribution in [3.8, 4) is 0 Å². The third kappa shape index (κ3) is 3.11. The van der Waals surface area contributed by atoms with Crippen LogP contribution in [0.1, 0.15) is 30.6 Å². The van der Waals surface area contributed by atoms with Crippen molar-refractivity contribution in [1.29, 1.82) is 0 Å². The van der Waals surface area contributed by atoms with Crippen LogP contribution in [0.4, 0.5) is 0 Å². The van der Waals surface area contributed by atoms with Gasteiger partial charge in [0.2, 0.25) is 0 Å². The van der Waals surface area contributed by atoms with Crippen LogP contribution in [0.5, 0.6) is 0 Å². The van der Waals surface area contributed by atoms with Gasteiger partial charge in [0, 0.05) is 23.5 Å². The molecule has 1 aromatic heterocycles. The van der Waals surface area contributed by atoms with Crippen LogP contribution in [-0.4, -0.2) is 12.6 Å². The largest absolute Gasteiger partial charge is 0.458 e. The Balaban J connectivity index is 1.76. The first kappa shape index (κ1) is 13.4. The van der Waals surface area contributed by atoms with E-state index in [4.69, 9.17) is 9.15 Å². The molecule has 106 valence electrons. The Bertz CT molecular complexity index is 584. The van der Waals surface area contributed by atoms with E-state index in [1.807, 2.05) is 18.2 Å². The summed E-state index contributed by atoms with van der Waals surface area (Å²) in [6.45, 7) is 5.79. The van der Waals surface area contributed by atoms with Crippen LogP contribution in [0.15, 0.2) is 41.3 Å². The molecule has 3 nitrogen and oxygen atoms in total. The van der Waals surface area contributed by atoms with Crippen molar-refractivity contribution in [2.75, 3.05) is 6.61 Å². The minimum atomic E-state index is 0.532. The molecular formula is C17H21NO2. The Morgan fingerprint density at radius 2 is 2.20 bits per heavy atom. The summed E-state index contributed by atoms with van der Waals surface area (Å²) in [5, 5.41) is 4.76. The zero-order chi connectivity index (χ0) is 13.8. The minimum Gasteiger partial charge on any atom is -0.458 e. The maximum Gasteiger partial charge on any atom is 0.135 e. The first-order valence-electron chi connectivity index (χ1n) is 7.30. The summed E-state index contributed by atoms with van der Waals surface area (Å²) in [6, 6.07) is 8.89. The standard InChI is InChI=1S/C17H21NO2/c1-2-3-10-19-12-17-15(11-18-13-8-9-13)14-6-4-5-7-16(14)20-17/h2,4-7,13,18H,1,3,8-12H2. The predicted molar refractivity (Wildman–Crippen MR) is 80.5 cm³/mol. The number of furan rings is 1. The maximum absolute atomic E-state index is 5.94. The lowest BCUT2D eigenvalue weighted by Crippen LogP contribution is -2.16. The van der Waals surface area contributed by atoms with Crippen LogP contribution in [0.3, 0.4) is 0 Å². The van der Waals surface area contributed by atoms with Gasteiger partial charge in [-0.05, 0) is 25.3 Å². The second-order valence-corrected chi connectivity index (χ2v) is 5.29. The fraction of sp³-hybridized carbons (Fsp3) is 0.412. The number of ether oxygens (including phenoxy) is 1. The Labute approximate surface area is 119 Å². The SMILES string of the molecule is C=CCCOCc1oc2ccccc2c1CNC1CC1. The van der Waals surface area contributed by atoms with Crippen LogP contribution < -0.4 is 5.32 Å². The van der Waals surface area contributed by atoms with Gasteiger partial charge in [-0.1, -0.05) is 24.3 Å². The second kappa shape index (κ2) is 6.25. The molecule has 0 spiro atoms. The minimum absolute atomic E-state index is 0.532. The summed E-state index contributed by atoms with van der Waals surface area (Å²) in [4.78, 5) is 0. The van der Waals surface area contributed by atoms with E-state index in [1.165, 1.54) is 23.8 Å². The number of rotatable bonds is 8. The summed E-state index contributed by atoms with van der Waals surface area (Å²) >= 11 is 0. The molecule has 1 aliphatic carbocycles. The van der Waals surface area contributed by atoms with Gasteiger partial charge in [0.15, 0.2) is 0 Å². The van der Waals surface area contributed by atoms with Crippen molar-refractivity contribution >= 4 is 11.0 Å². The molecule has 0 bridgehead atoms. The highest BCUT2D eigenvalue weighted by Gasteiger charge is 2.22. The monoisotopic (exact) mass is 271 g/mol. The summed E-state index contributed by atoms with van der Waals surface area (Å²) in [6.07, 6.45) is 5.33. The Kier molecular flexibility index (Phi) is 4.19. The first-order chi connectivity index (χ1) is 9.88. The number of hydrogen-bond donors (Lipinski definition) is 1. The highest BCUT2D eigenvalue weighted by Crippen LogP contribution is 2.28. The normalized spacial score (nSPS) is 14.8. The molecular weight excluding hydrogens is 250 g/mol. The number of hydrogen-bond acceptors (Lipinski definition) is 3. The van der Waals surface area contributed by atoms with Crippen molar-refractivity contribution < 1.29 is 9.15 Å². The smallest absolute Gasteiger partial charge is 0.135 e. The van der Waals surface area contributed by atoms with Crippen molar-refractivity contribution in [3.05, 3.63) is 48.2 Å². The highest BCUT2D eigenvalue weighted by atomic mass is 16.5. The quantitative estimate of drug-likeness (QED) is 0.586. The molecule has 0 amide bonds. The average Bonchev–Trinajstić information content (AvgIpc) is 3.23. The fourth-order valence-corrected chi connectivity index (χ4v) is 2.33. The molecule has 0 atom stereocenters. The van der Waals surface area contributed by atoms with E-state index >= 15 is 0 Å². The highest BCUT2D eigenvalue weighted by molar-refractivity contribution is 5.82. The Morgan fingerprint density at radius 1 is 1.35 bits per heavy atom. The van der Waals surface area contributed by atoms with Gasteiger partial charge in [0.1, 0.15) is 18.0 Å². The van der Waals surface area contributed by atoms with Gasteiger partial charge >= 0.3 is 0 Å². The fourth-order valence-electron chi connectivity index (χ4n) is 2.33. The third-order valence-electron chi connectivity index (χ3n) is 3.63. The maximum atomic E-state index is 5.94. The number of fused-ring (bicyclic) bond motifs is 1. The molecule has 1 fully saturated rings. The zero-order valence-corrected chi connectivity index (χ0v) is 11.7. The lowest BCUT2D eigenvalue weighted by molar-refractivity contribution is 0.110. The molecule has 1 aliphatic rings. The van der Waals surface area contributed by atoms with Crippen molar-refractivity contribution in [2.24, 2.45) is 0 Å². The molecule has 0 unspecified atom stereocenters. The molecule has 0 saturated heterocycles. The molecule has 0 aliphatic heterocycles. The lowest BCUT2D eigenvalue weighted by Gasteiger charge is -2.05. The van der Waals surface area contributed by atoms with E-state index in [1.54, 1.807) is 0 Å². The lowest BCUT2D eigenvalue weighted by atomic mass is 10.1. The molecule has 2 aromatic rings. The number of nitrogens with one attached hydrogen (secondary N) is 1. The van der Waals surface area contributed by atoms with Gasteiger partial charge in [-0.15, -0.1) is 6.58 Å². The van der Waals surface area contributed by atoms with E-state index in [0.717, 1.165) is 24.3 Å².